The van der Waals surface area contributed by atoms with Gasteiger partial charge in [-0.25, -0.2) is 0 Å². The van der Waals surface area contributed by atoms with Gasteiger partial charge in [0.2, 0.25) is 5.82 Å². The van der Waals surface area contributed by atoms with E-state index in [2.05, 4.69) is 15.2 Å². The van der Waals surface area contributed by atoms with Gasteiger partial charge in [-0.3, -0.25) is 0 Å². The first-order valence-electron chi connectivity index (χ1n) is 6.74. The summed E-state index contributed by atoms with van der Waals surface area (Å²) in [5, 5.41) is 16.2. The lowest BCUT2D eigenvalue weighted by molar-refractivity contribution is -0.389. The van der Waals surface area contributed by atoms with Crippen molar-refractivity contribution in [3.63, 3.8) is 0 Å². The molecule has 1 saturated heterocycles. The van der Waals surface area contributed by atoms with Crippen molar-refractivity contribution in [3.05, 3.63) is 21.7 Å². The summed E-state index contributed by atoms with van der Waals surface area (Å²) in [5.41, 5.74) is 0. The summed E-state index contributed by atoms with van der Waals surface area (Å²) in [7, 11) is 0. The lowest BCUT2D eigenvalue weighted by atomic mass is 10.3. The van der Waals surface area contributed by atoms with Gasteiger partial charge in [0.1, 0.15) is 6.20 Å². The molecule has 0 bridgehead atoms. The molecule has 0 radical (unpaired) electrons. The summed E-state index contributed by atoms with van der Waals surface area (Å²) in [5.74, 6) is 0.392. The van der Waals surface area contributed by atoms with E-state index in [4.69, 9.17) is 0 Å². The lowest BCUT2D eigenvalue weighted by Crippen LogP contribution is -2.33. The molecule has 7 nitrogen and oxygen atoms in total. The third-order valence-electron chi connectivity index (χ3n) is 3.52. The standard InChI is InChI=1S/C12H17N5O2S/c1-9(8-15-4-2-3-5-15)13-10-11(17(18)19)16-6-7-20-12(16)14-10/h6-7,9,13H,2-5,8H2,1H3. The van der Waals surface area contributed by atoms with Crippen molar-refractivity contribution in [1.82, 2.24) is 14.3 Å². The fourth-order valence-electron chi connectivity index (χ4n) is 2.68. The largest absolute Gasteiger partial charge is 0.372 e. The number of likely N-dealkylation sites (tertiary alicyclic amines) is 1. The predicted octanol–water partition coefficient (Wildman–Crippen LogP) is 2.20. The molecule has 1 fully saturated rings. The third kappa shape index (κ3) is 2.48. The maximum absolute atomic E-state index is 11.2. The van der Waals surface area contributed by atoms with Gasteiger partial charge in [-0.2, -0.15) is 9.38 Å². The molecule has 108 valence electrons. The summed E-state index contributed by atoms with van der Waals surface area (Å²) in [4.78, 5) is 18.2. The Morgan fingerprint density at radius 2 is 2.30 bits per heavy atom. The molecule has 1 atom stereocenters. The number of anilines is 1. The maximum atomic E-state index is 11.2. The van der Waals surface area contributed by atoms with Crippen LogP contribution in [0.4, 0.5) is 11.6 Å². The van der Waals surface area contributed by atoms with Crippen LogP contribution < -0.4 is 5.32 Å². The van der Waals surface area contributed by atoms with Gasteiger partial charge < -0.3 is 20.3 Å². The number of nitrogens with one attached hydrogen (secondary N) is 1. The molecule has 0 spiro atoms. The molecule has 2 aromatic rings. The predicted molar refractivity (Wildman–Crippen MR) is 78.5 cm³/mol. The van der Waals surface area contributed by atoms with E-state index in [9.17, 15) is 10.1 Å². The van der Waals surface area contributed by atoms with Crippen molar-refractivity contribution in [2.75, 3.05) is 25.0 Å². The van der Waals surface area contributed by atoms with Crippen LogP contribution in [0.25, 0.3) is 4.96 Å². The van der Waals surface area contributed by atoms with E-state index >= 15 is 0 Å². The number of hydrogen-bond acceptors (Lipinski definition) is 6. The maximum Gasteiger partial charge on any atom is 0.372 e. The van der Waals surface area contributed by atoms with E-state index in [1.807, 2.05) is 6.92 Å². The second kappa shape index (κ2) is 5.37. The highest BCUT2D eigenvalue weighted by Gasteiger charge is 2.25. The Bertz CT molecular complexity index is 616. The first kappa shape index (κ1) is 13.3. The number of hydrogen-bond donors (Lipinski definition) is 1. The Morgan fingerprint density at radius 3 is 3.00 bits per heavy atom. The molecule has 0 amide bonds. The molecule has 1 aliphatic heterocycles. The van der Waals surface area contributed by atoms with Crippen LogP contribution in [-0.4, -0.2) is 44.9 Å². The van der Waals surface area contributed by atoms with E-state index in [1.54, 1.807) is 11.6 Å². The number of aromatic nitrogens is 2. The lowest BCUT2D eigenvalue weighted by Gasteiger charge is -2.20. The van der Waals surface area contributed by atoms with Crippen molar-refractivity contribution in [1.29, 1.82) is 0 Å². The SMILES string of the molecule is CC(CN1CCCC1)Nc1nc2sccn2c1[N+](=O)[O-]. The molecule has 0 saturated carbocycles. The number of nitrogens with zero attached hydrogens (tertiary/aromatic N) is 4. The average Bonchev–Trinajstić information content (AvgIpc) is 3.04. The van der Waals surface area contributed by atoms with Gasteiger partial charge >= 0.3 is 5.82 Å². The minimum atomic E-state index is -0.377. The van der Waals surface area contributed by atoms with Crippen molar-refractivity contribution in [2.45, 2.75) is 25.8 Å². The number of nitro groups is 1. The molecule has 8 heteroatoms. The van der Waals surface area contributed by atoms with E-state index in [1.165, 1.54) is 28.6 Å². The molecule has 2 aromatic heterocycles. The van der Waals surface area contributed by atoms with E-state index in [0.717, 1.165) is 19.6 Å². The molecular formula is C12H17N5O2S. The number of imidazole rings is 1. The van der Waals surface area contributed by atoms with Crippen molar-refractivity contribution in [3.8, 4) is 0 Å². The summed E-state index contributed by atoms with van der Waals surface area (Å²) >= 11 is 1.40. The third-order valence-corrected chi connectivity index (χ3v) is 4.28. The Morgan fingerprint density at radius 1 is 1.55 bits per heavy atom. The number of fused-ring (bicyclic) bond motifs is 1. The fourth-order valence-corrected chi connectivity index (χ4v) is 3.39. The minimum absolute atomic E-state index is 0.0227. The van der Waals surface area contributed by atoms with Crippen LogP contribution in [0.1, 0.15) is 19.8 Å². The highest BCUT2D eigenvalue weighted by Crippen LogP contribution is 2.28. The van der Waals surface area contributed by atoms with Gasteiger partial charge in [0, 0.05) is 18.0 Å². The Labute approximate surface area is 120 Å². The Balaban J connectivity index is 1.77. The van der Waals surface area contributed by atoms with Crippen LogP contribution in [-0.2, 0) is 0 Å². The van der Waals surface area contributed by atoms with Crippen molar-refractivity contribution in [2.24, 2.45) is 0 Å². The zero-order valence-electron chi connectivity index (χ0n) is 11.3. The van der Waals surface area contributed by atoms with Gasteiger partial charge in [-0.05, 0) is 37.8 Å². The first-order chi connectivity index (χ1) is 9.65. The molecule has 1 N–H and O–H groups in total. The van der Waals surface area contributed by atoms with Gasteiger partial charge in [0.15, 0.2) is 0 Å². The van der Waals surface area contributed by atoms with Crippen LogP contribution in [0.15, 0.2) is 11.6 Å². The van der Waals surface area contributed by atoms with E-state index in [0.29, 0.717) is 10.8 Å². The van der Waals surface area contributed by atoms with Crippen LogP contribution in [0.5, 0.6) is 0 Å². The number of rotatable bonds is 5. The molecule has 1 aliphatic rings. The van der Waals surface area contributed by atoms with Gasteiger partial charge in [-0.1, -0.05) is 11.3 Å². The second-order valence-corrected chi connectivity index (χ2v) is 6.02. The fraction of sp³-hybridized carbons (Fsp3) is 0.583. The highest BCUT2D eigenvalue weighted by molar-refractivity contribution is 7.15. The zero-order chi connectivity index (χ0) is 14.1. The zero-order valence-corrected chi connectivity index (χ0v) is 12.1. The van der Waals surface area contributed by atoms with Crippen LogP contribution >= 0.6 is 11.3 Å². The molecule has 1 unspecified atom stereocenters. The average molecular weight is 295 g/mol. The number of thiazole rings is 1. The van der Waals surface area contributed by atoms with E-state index in [-0.39, 0.29) is 16.8 Å². The summed E-state index contributed by atoms with van der Waals surface area (Å²) in [6.07, 6.45) is 4.17. The van der Waals surface area contributed by atoms with Crippen molar-refractivity contribution >= 4 is 27.9 Å². The summed E-state index contributed by atoms with van der Waals surface area (Å²) in [6.45, 7) is 5.16. The molecular weight excluding hydrogens is 278 g/mol. The highest BCUT2D eigenvalue weighted by atomic mass is 32.1. The van der Waals surface area contributed by atoms with Gasteiger partial charge in [0.05, 0.1) is 0 Å². The van der Waals surface area contributed by atoms with Gasteiger partial charge in [-0.15, -0.1) is 0 Å². The topological polar surface area (TPSA) is 75.7 Å². The summed E-state index contributed by atoms with van der Waals surface area (Å²) < 4.78 is 1.52. The van der Waals surface area contributed by atoms with Gasteiger partial charge in [0.25, 0.3) is 4.96 Å². The van der Waals surface area contributed by atoms with Crippen LogP contribution in [0.3, 0.4) is 0 Å². The first-order valence-corrected chi connectivity index (χ1v) is 7.62. The van der Waals surface area contributed by atoms with Crippen molar-refractivity contribution < 1.29 is 4.92 Å². The second-order valence-electron chi connectivity index (χ2n) is 5.15. The molecule has 0 aromatic carbocycles. The Kier molecular flexibility index (Phi) is 3.58. The smallest absolute Gasteiger partial charge is 0.359 e. The Hall–Kier alpha value is -1.67. The minimum Gasteiger partial charge on any atom is -0.359 e. The molecule has 0 aliphatic carbocycles. The summed E-state index contributed by atoms with van der Waals surface area (Å²) in [6, 6.07) is 0.136. The molecule has 3 heterocycles. The molecule has 20 heavy (non-hydrogen) atoms. The monoisotopic (exact) mass is 295 g/mol. The molecule has 3 rings (SSSR count). The van der Waals surface area contributed by atoms with Crippen LogP contribution in [0.2, 0.25) is 0 Å². The quantitative estimate of drug-likeness (QED) is 0.676. The normalized spacial score (nSPS) is 17.6. The van der Waals surface area contributed by atoms with Crippen LogP contribution in [0, 0.1) is 10.1 Å². The van der Waals surface area contributed by atoms with E-state index < -0.39 is 0 Å².